The number of ether oxygens (including phenoxy) is 1. The Morgan fingerprint density at radius 2 is 2.56 bits per heavy atom. The summed E-state index contributed by atoms with van der Waals surface area (Å²) in [4.78, 5) is 0. The first-order valence-electron chi connectivity index (χ1n) is 5.47. The maximum Gasteiger partial charge on any atom is 0.209 e. The van der Waals surface area contributed by atoms with Gasteiger partial charge in [-0.1, -0.05) is 17.8 Å². The zero-order valence-corrected chi connectivity index (χ0v) is 10.0. The minimum absolute atomic E-state index is 0.632. The van der Waals surface area contributed by atoms with Gasteiger partial charge in [-0.25, -0.2) is 4.68 Å². The van der Waals surface area contributed by atoms with E-state index in [2.05, 4.69) is 22.1 Å². The summed E-state index contributed by atoms with van der Waals surface area (Å²) in [5.74, 6) is 1.66. The second-order valence-corrected chi connectivity index (χ2v) is 4.81. The molecule has 2 rings (SSSR count). The number of hydrogen-bond donors (Lipinski definition) is 0. The van der Waals surface area contributed by atoms with Crippen LogP contribution in [0.15, 0.2) is 17.8 Å². The highest BCUT2D eigenvalue weighted by Gasteiger charge is 2.15. The largest absolute Gasteiger partial charge is 0.381 e. The first kappa shape index (κ1) is 11.6. The second kappa shape index (κ2) is 6.00. The molecule has 0 amide bonds. The Balaban J connectivity index is 1.83. The molecular weight excluding hydrogens is 224 g/mol. The molecule has 1 aromatic rings. The van der Waals surface area contributed by atoms with Crippen LogP contribution in [-0.4, -0.2) is 39.2 Å². The fraction of sp³-hybridized carbons (Fsp3) is 0.700. The van der Waals surface area contributed by atoms with Gasteiger partial charge in [0.2, 0.25) is 5.16 Å². The molecule has 1 aliphatic heterocycles. The first-order valence-corrected chi connectivity index (χ1v) is 6.46. The van der Waals surface area contributed by atoms with E-state index in [-0.39, 0.29) is 0 Å². The number of tetrazole rings is 1. The minimum atomic E-state index is 0.632. The van der Waals surface area contributed by atoms with Gasteiger partial charge < -0.3 is 4.74 Å². The number of rotatable bonds is 5. The molecule has 0 bridgehead atoms. The van der Waals surface area contributed by atoms with Crippen molar-refractivity contribution in [2.45, 2.75) is 24.5 Å². The van der Waals surface area contributed by atoms with E-state index in [0.717, 1.165) is 24.1 Å². The average Bonchev–Trinajstić information content (AvgIpc) is 2.76. The number of allylic oxidation sites excluding steroid dienone is 1. The van der Waals surface area contributed by atoms with E-state index in [1.165, 1.54) is 12.8 Å². The Hall–Kier alpha value is -0.880. The van der Waals surface area contributed by atoms with Crippen molar-refractivity contribution < 1.29 is 4.74 Å². The molecule has 0 radical (unpaired) electrons. The minimum Gasteiger partial charge on any atom is -0.381 e. The van der Waals surface area contributed by atoms with Crippen LogP contribution in [0.5, 0.6) is 0 Å². The van der Waals surface area contributed by atoms with E-state index in [0.29, 0.717) is 12.5 Å². The normalized spacial score (nSPS) is 20.9. The second-order valence-electron chi connectivity index (χ2n) is 3.83. The van der Waals surface area contributed by atoms with Gasteiger partial charge in [-0.05, 0) is 29.2 Å². The predicted molar refractivity (Wildman–Crippen MR) is 62.3 cm³/mol. The molecule has 1 fully saturated rings. The summed E-state index contributed by atoms with van der Waals surface area (Å²) in [6, 6.07) is 0. The molecule has 2 heterocycles. The molecule has 0 spiro atoms. The molecule has 5 nitrogen and oxygen atoms in total. The van der Waals surface area contributed by atoms with E-state index >= 15 is 0 Å². The Kier molecular flexibility index (Phi) is 4.35. The zero-order chi connectivity index (χ0) is 11.2. The molecule has 1 aromatic heterocycles. The van der Waals surface area contributed by atoms with Crippen LogP contribution in [0.2, 0.25) is 0 Å². The average molecular weight is 240 g/mol. The summed E-state index contributed by atoms with van der Waals surface area (Å²) < 4.78 is 7.21. The Labute approximate surface area is 99.2 Å². The van der Waals surface area contributed by atoms with Gasteiger partial charge in [0.15, 0.2) is 0 Å². The molecule has 0 aromatic carbocycles. The summed E-state index contributed by atoms with van der Waals surface area (Å²) >= 11 is 1.70. The molecule has 0 unspecified atom stereocenters. The van der Waals surface area contributed by atoms with Crippen LogP contribution >= 0.6 is 11.8 Å². The third-order valence-electron chi connectivity index (χ3n) is 2.50. The molecular formula is C10H16N4OS. The van der Waals surface area contributed by atoms with Crippen LogP contribution in [-0.2, 0) is 11.3 Å². The molecule has 16 heavy (non-hydrogen) atoms. The summed E-state index contributed by atoms with van der Waals surface area (Å²) in [5.41, 5.74) is 0. The van der Waals surface area contributed by atoms with Gasteiger partial charge in [0.25, 0.3) is 0 Å². The summed E-state index contributed by atoms with van der Waals surface area (Å²) in [6.45, 7) is 6.13. The summed E-state index contributed by atoms with van der Waals surface area (Å²) in [7, 11) is 0. The smallest absolute Gasteiger partial charge is 0.209 e. The van der Waals surface area contributed by atoms with Crippen molar-refractivity contribution in [1.82, 2.24) is 20.2 Å². The van der Waals surface area contributed by atoms with E-state index in [4.69, 9.17) is 4.74 Å². The number of hydrogen-bond acceptors (Lipinski definition) is 5. The van der Waals surface area contributed by atoms with Gasteiger partial charge in [0.05, 0.1) is 13.2 Å². The zero-order valence-electron chi connectivity index (χ0n) is 9.21. The third-order valence-corrected chi connectivity index (χ3v) is 3.69. The number of nitrogens with zero attached hydrogens (tertiary/aromatic N) is 4. The number of aromatic nitrogens is 4. The fourth-order valence-electron chi connectivity index (χ4n) is 1.67. The fourth-order valence-corrected chi connectivity index (χ4v) is 2.67. The third kappa shape index (κ3) is 3.05. The molecule has 6 heteroatoms. The molecule has 0 N–H and O–H groups in total. The Morgan fingerprint density at radius 1 is 1.62 bits per heavy atom. The predicted octanol–water partition coefficient (Wildman–Crippen LogP) is 1.38. The van der Waals surface area contributed by atoms with Crippen LogP contribution in [0.1, 0.15) is 12.8 Å². The molecule has 1 atom stereocenters. The Bertz CT molecular complexity index is 335. The topological polar surface area (TPSA) is 52.8 Å². The lowest BCUT2D eigenvalue weighted by Gasteiger charge is -2.21. The van der Waals surface area contributed by atoms with Gasteiger partial charge in [-0.3, -0.25) is 0 Å². The summed E-state index contributed by atoms with van der Waals surface area (Å²) in [6.07, 6.45) is 4.21. The van der Waals surface area contributed by atoms with E-state index in [1.807, 2.05) is 0 Å². The van der Waals surface area contributed by atoms with Crippen molar-refractivity contribution >= 4 is 11.8 Å². The van der Waals surface area contributed by atoms with Crippen LogP contribution in [0.4, 0.5) is 0 Å². The van der Waals surface area contributed by atoms with Gasteiger partial charge in [0.1, 0.15) is 0 Å². The lowest BCUT2D eigenvalue weighted by atomic mass is 10.1. The van der Waals surface area contributed by atoms with Gasteiger partial charge >= 0.3 is 0 Å². The lowest BCUT2D eigenvalue weighted by molar-refractivity contribution is 0.0632. The lowest BCUT2D eigenvalue weighted by Crippen LogP contribution is -2.19. The summed E-state index contributed by atoms with van der Waals surface area (Å²) in [5, 5.41) is 12.4. The monoisotopic (exact) mass is 240 g/mol. The maximum atomic E-state index is 5.44. The van der Waals surface area contributed by atoms with Crippen molar-refractivity contribution in [2.75, 3.05) is 19.0 Å². The van der Waals surface area contributed by atoms with Gasteiger partial charge in [-0.2, -0.15) is 0 Å². The van der Waals surface area contributed by atoms with Gasteiger partial charge in [-0.15, -0.1) is 11.7 Å². The van der Waals surface area contributed by atoms with Crippen LogP contribution in [0.3, 0.4) is 0 Å². The number of thioether (sulfide) groups is 1. The van der Waals surface area contributed by atoms with E-state index in [9.17, 15) is 0 Å². The quantitative estimate of drug-likeness (QED) is 0.575. The highest BCUT2D eigenvalue weighted by Crippen LogP contribution is 2.22. The maximum absolute atomic E-state index is 5.44. The van der Waals surface area contributed by atoms with Crippen LogP contribution in [0, 0.1) is 5.92 Å². The first-order chi connectivity index (χ1) is 7.90. The van der Waals surface area contributed by atoms with E-state index < -0.39 is 0 Å². The van der Waals surface area contributed by atoms with Crippen molar-refractivity contribution in [2.24, 2.45) is 5.92 Å². The van der Waals surface area contributed by atoms with Crippen molar-refractivity contribution in [3.05, 3.63) is 12.7 Å². The molecule has 1 saturated heterocycles. The highest BCUT2D eigenvalue weighted by molar-refractivity contribution is 7.99. The van der Waals surface area contributed by atoms with Crippen molar-refractivity contribution in [1.29, 1.82) is 0 Å². The SMILES string of the molecule is C=CCn1nnnc1SC[C@H]1CCCOC1. The highest BCUT2D eigenvalue weighted by atomic mass is 32.2. The van der Waals surface area contributed by atoms with Crippen molar-refractivity contribution in [3.8, 4) is 0 Å². The molecule has 88 valence electrons. The molecule has 1 aliphatic rings. The molecule has 0 aliphatic carbocycles. The van der Waals surface area contributed by atoms with Crippen molar-refractivity contribution in [3.63, 3.8) is 0 Å². The standard InChI is InChI=1S/C10H16N4OS/c1-2-5-14-10(11-12-13-14)16-8-9-4-3-6-15-7-9/h2,9H,1,3-8H2/t9-/m0/s1. The van der Waals surface area contributed by atoms with Gasteiger partial charge in [0, 0.05) is 12.4 Å². The van der Waals surface area contributed by atoms with E-state index in [1.54, 1.807) is 22.5 Å². The van der Waals surface area contributed by atoms with Crippen LogP contribution in [0.25, 0.3) is 0 Å². The Morgan fingerprint density at radius 3 is 3.31 bits per heavy atom. The molecule has 0 saturated carbocycles. The van der Waals surface area contributed by atoms with Crippen LogP contribution < -0.4 is 0 Å².